The molecule has 0 aliphatic carbocycles. The lowest BCUT2D eigenvalue weighted by molar-refractivity contribution is -0.130. The second kappa shape index (κ2) is 6.43. The molecule has 0 bridgehead atoms. The molecule has 0 spiro atoms. The third-order valence-corrected chi connectivity index (χ3v) is 5.25. The summed E-state index contributed by atoms with van der Waals surface area (Å²) in [6.45, 7) is 2.35. The van der Waals surface area contributed by atoms with Gasteiger partial charge in [-0.3, -0.25) is 9.48 Å². The van der Waals surface area contributed by atoms with Gasteiger partial charge >= 0.3 is 0 Å². The van der Waals surface area contributed by atoms with E-state index in [1.807, 2.05) is 39.4 Å². The minimum Gasteiger partial charge on any atom is -0.371 e. The van der Waals surface area contributed by atoms with Crippen LogP contribution < -0.4 is 0 Å². The van der Waals surface area contributed by atoms with Gasteiger partial charge in [0.2, 0.25) is 5.91 Å². The van der Waals surface area contributed by atoms with Gasteiger partial charge in [0.25, 0.3) is 0 Å². The summed E-state index contributed by atoms with van der Waals surface area (Å²) in [7, 11) is 0. The summed E-state index contributed by atoms with van der Waals surface area (Å²) in [6.07, 6.45) is 4.07. The van der Waals surface area contributed by atoms with Crippen LogP contribution in [0, 0.1) is 0 Å². The normalized spacial score (nSPS) is 25.3. The van der Waals surface area contributed by atoms with E-state index in [0.29, 0.717) is 32.7 Å². The van der Waals surface area contributed by atoms with Crippen molar-refractivity contribution in [3.05, 3.63) is 40.8 Å². The van der Waals surface area contributed by atoms with Crippen molar-refractivity contribution in [2.24, 2.45) is 0 Å². The predicted octanol–water partition coefficient (Wildman–Crippen LogP) is 1.35. The highest BCUT2D eigenvalue weighted by atomic mass is 32.1. The summed E-state index contributed by atoms with van der Waals surface area (Å²) in [5.74, 6) is 0.149. The van der Waals surface area contributed by atoms with Gasteiger partial charge < -0.3 is 14.4 Å². The van der Waals surface area contributed by atoms with E-state index in [0.717, 1.165) is 4.88 Å². The van der Waals surface area contributed by atoms with Gasteiger partial charge in [-0.25, -0.2) is 0 Å². The first-order valence-electron chi connectivity index (χ1n) is 7.82. The molecular formula is C16H19N3O3S. The lowest BCUT2D eigenvalue weighted by Gasteiger charge is -2.18. The molecule has 7 heteroatoms. The molecule has 2 saturated heterocycles. The Morgan fingerprint density at radius 1 is 1.26 bits per heavy atom. The maximum atomic E-state index is 12.4. The van der Waals surface area contributed by atoms with Crippen LogP contribution in [-0.4, -0.2) is 59.1 Å². The molecule has 0 radical (unpaired) electrons. The van der Waals surface area contributed by atoms with E-state index in [2.05, 4.69) is 5.10 Å². The number of nitrogens with zero attached hydrogens (tertiary/aromatic N) is 3. The van der Waals surface area contributed by atoms with Crippen molar-refractivity contribution in [3.63, 3.8) is 0 Å². The molecular weight excluding hydrogens is 314 g/mol. The molecule has 2 fully saturated rings. The van der Waals surface area contributed by atoms with Crippen LogP contribution in [0.15, 0.2) is 36.0 Å². The van der Waals surface area contributed by atoms with Crippen LogP contribution in [0.3, 0.4) is 0 Å². The number of carbonyl (C=O) groups is 1. The summed E-state index contributed by atoms with van der Waals surface area (Å²) in [5.41, 5.74) is 0. The molecule has 122 valence electrons. The van der Waals surface area contributed by atoms with Crippen molar-refractivity contribution in [1.29, 1.82) is 0 Å². The van der Waals surface area contributed by atoms with Gasteiger partial charge in [0.1, 0.15) is 12.2 Å². The summed E-state index contributed by atoms with van der Waals surface area (Å²) in [6, 6.07) is 5.98. The third kappa shape index (κ3) is 3.17. The largest absolute Gasteiger partial charge is 0.371 e. The zero-order valence-electron chi connectivity index (χ0n) is 12.7. The number of thiophene rings is 1. The number of rotatable bonds is 3. The highest BCUT2D eigenvalue weighted by Crippen LogP contribution is 2.24. The Bertz CT molecular complexity index is 628. The molecule has 1 amide bonds. The Kier molecular flexibility index (Phi) is 4.15. The summed E-state index contributed by atoms with van der Waals surface area (Å²) >= 11 is 1.62. The van der Waals surface area contributed by atoms with Crippen molar-refractivity contribution in [2.45, 2.75) is 24.7 Å². The third-order valence-electron chi connectivity index (χ3n) is 4.38. The fraction of sp³-hybridized carbons (Fsp3) is 0.500. The quantitative estimate of drug-likeness (QED) is 0.851. The Morgan fingerprint density at radius 2 is 2.04 bits per heavy atom. The Hall–Kier alpha value is -1.70. The summed E-state index contributed by atoms with van der Waals surface area (Å²) in [5, 5.41) is 6.25. The lowest BCUT2D eigenvalue weighted by atomic mass is 10.3. The predicted molar refractivity (Wildman–Crippen MR) is 85.3 cm³/mol. The fourth-order valence-electron chi connectivity index (χ4n) is 3.11. The standard InChI is InChI=1S/C16H19N3O3S/c20-16(7-13-3-1-6-23-13)18-8-14-15(9-18)22-11-12(10-21-14)19-5-2-4-17-19/h1-6,12,14-15H,7-11H2/t14-,15-/m0/s1. The van der Waals surface area contributed by atoms with Crippen LogP contribution in [0.2, 0.25) is 0 Å². The van der Waals surface area contributed by atoms with E-state index < -0.39 is 0 Å². The van der Waals surface area contributed by atoms with Gasteiger partial charge in [-0.05, 0) is 17.5 Å². The number of aromatic nitrogens is 2. The number of ether oxygens (including phenoxy) is 2. The van der Waals surface area contributed by atoms with Crippen molar-refractivity contribution in [1.82, 2.24) is 14.7 Å². The smallest absolute Gasteiger partial charge is 0.228 e. The zero-order chi connectivity index (χ0) is 15.6. The van der Waals surface area contributed by atoms with Crippen LogP contribution in [0.1, 0.15) is 10.9 Å². The van der Waals surface area contributed by atoms with E-state index in [4.69, 9.17) is 9.47 Å². The maximum Gasteiger partial charge on any atom is 0.228 e. The number of fused-ring (bicyclic) bond motifs is 1. The van der Waals surface area contributed by atoms with Crippen LogP contribution >= 0.6 is 11.3 Å². The number of hydrogen-bond acceptors (Lipinski definition) is 5. The van der Waals surface area contributed by atoms with E-state index >= 15 is 0 Å². The highest BCUT2D eigenvalue weighted by Gasteiger charge is 2.39. The molecule has 2 aliphatic rings. The lowest BCUT2D eigenvalue weighted by Crippen LogP contribution is -2.32. The number of amides is 1. The second-order valence-corrected chi connectivity index (χ2v) is 6.97. The number of hydrogen-bond donors (Lipinski definition) is 0. The van der Waals surface area contributed by atoms with Gasteiger partial charge in [-0.2, -0.15) is 5.10 Å². The average molecular weight is 333 g/mol. The SMILES string of the molecule is O=C(Cc1cccs1)N1C[C@@H]2OCC(n3cccn3)CO[C@H]2C1. The zero-order valence-corrected chi connectivity index (χ0v) is 13.5. The van der Waals surface area contributed by atoms with Gasteiger partial charge in [0.15, 0.2) is 0 Å². The first kappa shape index (κ1) is 14.9. The van der Waals surface area contributed by atoms with Gasteiger partial charge in [-0.15, -0.1) is 11.3 Å². The van der Waals surface area contributed by atoms with Gasteiger partial charge in [-0.1, -0.05) is 6.07 Å². The molecule has 6 nitrogen and oxygen atoms in total. The molecule has 2 aliphatic heterocycles. The van der Waals surface area contributed by atoms with Crippen LogP contribution in [0.5, 0.6) is 0 Å². The minimum absolute atomic E-state index is 0.0390. The molecule has 23 heavy (non-hydrogen) atoms. The van der Waals surface area contributed by atoms with Crippen LogP contribution in [0.4, 0.5) is 0 Å². The average Bonchev–Trinajstić information content (AvgIpc) is 3.28. The van der Waals surface area contributed by atoms with E-state index in [9.17, 15) is 4.79 Å². The molecule has 0 saturated carbocycles. The Labute approximate surface area is 138 Å². The van der Waals surface area contributed by atoms with Crippen LogP contribution in [0.25, 0.3) is 0 Å². The summed E-state index contributed by atoms with van der Waals surface area (Å²) < 4.78 is 13.9. The molecule has 0 N–H and O–H groups in total. The molecule has 0 aromatic carbocycles. The maximum absolute atomic E-state index is 12.4. The number of carbonyl (C=O) groups excluding carboxylic acids is 1. The molecule has 2 atom stereocenters. The van der Waals surface area contributed by atoms with Gasteiger partial charge in [0.05, 0.1) is 25.7 Å². The van der Waals surface area contributed by atoms with E-state index in [-0.39, 0.29) is 24.2 Å². The molecule has 4 rings (SSSR count). The van der Waals surface area contributed by atoms with Crippen molar-refractivity contribution in [3.8, 4) is 0 Å². The Balaban J connectivity index is 1.35. The second-order valence-electron chi connectivity index (χ2n) is 5.94. The number of likely N-dealkylation sites (tertiary alicyclic amines) is 1. The van der Waals surface area contributed by atoms with E-state index in [1.165, 1.54) is 0 Å². The molecule has 0 unspecified atom stereocenters. The molecule has 2 aromatic heterocycles. The topological polar surface area (TPSA) is 56.6 Å². The minimum atomic E-state index is -0.0390. The first-order valence-corrected chi connectivity index (χ1v) is 8.70. The highest BCUT2D eigenvalue weighted by molar-refractivity contribution is 7.10. The van der Waals surface area contributed by atoms with Crippen molar-refractivity contribution >= 4 is 17.2 Å². The Morgan fingerprint density at radius 3 is 2.65 bits per heavy atom. The first-order chi connectivity index (χ1) is 11.3. The monoisotopic (exact) mass is 333 g/mol. The molecule has 4 heterocycles. The molecule has 2 aromatic rings. The van der Waals surface area contributed by atoms with Crippen molar-refractivity contribution < 1.29 is 14.3 Å². The fourth-order valence-corrected chi connectivity index (χ4v) is 3.80. The van der Waals surface area contributed by atoms with E-state index in [1.54, 1.807) is 17.5 Å². The van der Waals surface area contributed by atoms with Crippen LogP contribution in [-0.2, 0) is 20.7 Å². The summed E-state index contributed by atoms with van der Waals surface area (Å²) in [4.78, 5) is 15.4. The van der Waals surface area contributed by atoms with Gasteiger partial charge in [0, 0.05) is 30.4 Å². The van der Waals surface area contributed by atoms with Crippen molar-refractivity contribution in [2.75, 3.05) is 26.3 Å².